The molecule has 0 radical (unpaired) electrons. The summed E-state index contributed by atoms with van der Waals surface area (Å²) >= 11 is 3.26. The fourth-order valence-corrected chi connectivity index (χ4v) is 10.3. The smallest absolute Gasteiger partial charge is 0.224 e. The first-order chi connectivity index (χ1) is 26.6. The summed E-state index contributed by atoms with van der Waals surface area (Å²) < 4.78 is 0. The summed E-state index contributed by atoms with van der Waals surface area (Å²) in [5.74, 6) is -1.30. The lowest BCUT2D eigenvalue weighted by Crippen LogP contribution is -2.47. The minimum absolute atomic E-state index is 0.0132. The summed E-state index contributed by atoms with van der Waals surface area (Å²) in [5.41, 5.74) is 18.4. The second kappa shape index (κ2) is 21.9. The topological polar surface area (TPSA) is 208 Å². The maximum atomic E-state index is 14.6. The Morgan fingerprint density at radius 3 is 2.29 bits per heavy atom. The Labute approximate surface area is 341 Å². The summed E-state index contributed by atoms with van der Waals surface area (Å²) in [6.07, 6.45) is 6.93. The van der Waals surface area contributed by atoms with Crippen molar-refractivity contribution in [1.82, 2.24) is 10.2 Å². The number of thioether (sulfide) groups is 2. The summed E-state index contributed by atoms with van der Waals surface area (Å²) in [5, 5.41) is 2.98. The van der Waals surface area contributed by atoms with E-state index in [1.54, 1.807) is 28.4 Å². The van der Waals surface area contributed by atoms with Crippen molar-refractivity contribution in [2.24, 2.45) is 51.3 Å². The van der Waals surface area contributed by atoms with Gasteiger partial charge in [-0.25, -0.2) is 0 Å². The number of guanidine groups is 1. The second-order valence-electron chi connectivity index (χ2n) is 16.9. The first kappa shape index (κ1) is 45.3. The van der Waals surface area contributed by atoms with E-state index in [4.69, 9.17) is 17.2 Å². The second-order valence-corrected chi connectivity index (χ2v) is 19.1. The number of fused-ring (bicyclic) bond motifs is 3. The van der Waals surface area contributed by atoms with Crippen LogP contribution in [0.3, 0.4) is 0 Å². The monoisotopic (exact) mass is 812 g/mol. The van der Waals surface area contributed by atoms with Crippen LogP contribution in [0.4, 0.5) is 0 Å². The maximum Gasteiger partial charge on any atom is 0.224 e. The van der Waals surface area contributed by atoms with Gasteiger partial charge in [0, 0.05) is 73.6 Å². The van der Waals surface area contributed by atoms with Crippen LogP contribution in [0.2, 0.25) is 0 Å². The first-order valence-electron chi connectivity index (χ1n) is 20.4. The van der Waals surface area contributed by atoms with Gasteiger partial charge < -0.3 is 27.4 Å². The van der Waals surface area contributed by atoms with E-state index in [0.717, 1.165) is 55.4 Å². The van der Waals surface area contributed by atoms with Crippen molar-refractivity contribution in [1.29, 1.82) is 0 Å². The van der Waals surface area contributed by atoms with E-state index >= 15 is 0 Å². The van der Waals surface area contributed by atoms with E-state index in [1.807, 2.05) is 32.9 Å². The van der Waals surface area contributed by atoms with E-state index in [-0.39, 0.29) is 67.4 Å². The van der Waals surface area contributed by atoms with Crippen molar-refractivity contribution in [3.8, 4) is 0 Å². The molecular formula is C42H64N6O6S2. The van der Waals surface area contributed by atoms with Crippen LogP contribution in [-0.4, -0.2) is 82.6 Å². The molecule has 4 rings (SSSR count). The summed E-state index contributed by atoms with van der Waals surface area (Å²) in [6.45, 7) is 6.33. The normalized spacial score (nSPS) is 23.5. The van der Waals surface area contributed by atoms with Crippen LogP contribution in [0.5, 0.6) is 0 Å². The molecule has 0 unspecified atom stereocenters. The van der Waals surface area contributed by atoms with Gasteiger partial charge in [-0.05, 0) is 61.0 Å². The van der Waals surface area contributed by atoms with Crippen molar-refractivity contribution >= 4 is 64.6 Å². The molecule has 3 aliphatic rings. The number of hydrogen-bond donors (Lipinski definition) is 4. The third-order valence-corrected chi connectivity index (χ3v) is 13.8. The standard InChI is InChI=1S/C42H64N6O6S2/c1-42(2,3)32(39(43)53)23-36(50)33(14-8-17-46-41(44)45)47-40(54)30-21-35(49)31(29-12-5-4-6-13-29)22-37(51)34-15-9-18-48(34)38(52)16-19-55-24-27-10-7-11-28(20-27)25-56-26-30/h7,10-11,20,29-34H,4-6,8-9,12-19,21-26H2,1-3H3,(H2,43,53)(H,47,54)(H4,44,45,46)/t30-,31-,32+,33-,34-/m0/s1. The highest BCUT2D eigenvalue weighted by Gasteiger charge is 2.40. The molecule has 2 bridgehead atoms. The number of ketones is 3. The molecule has 310 valence electrons. The van der Waals surface area contributed by atoms with E-state index in [0.29, 0.717) is 43.1 Å². The van der Waals surface area contributed by atoms with E-state index in [9.17, 15) is 28.8 Å². The van der Waals surface area contributed by atoms with Crippen LogP contribution in [-0.2, 0) is 40.3 Å². The molecule has 3 amide bonds. The van der Waals surface area contributed by atoms with Gasteiger partial charge in [0.25, 0.3) is 0 Å². The number of carbonyl (C=O) groups is 6. The Hall–Kier alpha value is -3.39. The van der Waals surface area contributed by atoms with Crippen molar-refractivity contribution in [2.75, 3.05) is 24.6 Å². The molecule has 1 aromatic rings. The zero-order chi connectivity index (χ0) is 40.8. The van der Waals surface area contributed by atoms with Crippen LogP contribution >= 0.6 is 23.5 Å². The van der Waals surface area contributed by atoms with Gasteiger partial charge in [0.05, 0.1) is 18.0 Å². The number of Topliss-reactive ketones (excluding diaryl/α,β-unsaturated/α-hetero) is 3. The Morgan fingerprint density at radius 1 is 0.929 bits per heavy atom. The third-order valence-electron chi connectivity index (χ3n) is 11.6. The fourth-order valence-electron chi connectivity index (χ4n) is 8.36. The minimum Gasteiger partial charge on any atom is -0.370 e. The molecule has 0 spiro atoms. The van der Waals surface area contributed by atoms with Crippen LogP contribution in [0.15, 0.2) is 29.3 Å². The average molecular weight is 813 g/mol. The number of nitrogens with two attached hydrogens (primary N) is 3. The van der Waals surface area contributed by atoms with Gasteiger partial charge in [-0.15, -0.1) is 0 Å². The molecule has 56 heavy (non-hydrogen) atoms. The number of hydrogen-bond acceptors (Lipinski definition) is 9. The number of amides is 3. The number of nitrogens with zero attached hydrogens (tertiary/aromatic N) is 2. The SMILES string of the molecule is CC(C)(C)[C@H](CC(=O)[C@H](CCCN=C(N)N)NC(=O)[C@@H]1CSCc2cccc(c2)CSCCC(=O)N2CCC[C@H]2C(=O)C[C@@H](C2CCCCC2)C(=O)C1)C(N)=O. The third kappa shape index (κ3) is 13.9. The highest BCUT2D eigenvalue weighted by Crippen LogP contribution is 2.36. The van der Waals surface area contributed by atoms with Crippen molar-refractivity contribution in [3.63, 3.8) is 0 Å². The Morgan fingerprint density at radius 2 is 1.62 bits per heavy atom. The van der Waals surface area contributed by atoms with Gasteiger partial charge in [-0.2, -0.15) is 23.5 Å². The number of nitrogens with one attached hydrogen (secondary N) is 1. The van der Waals surface area contributed by atoms with Gasteiger partial charge >= 0.3 is 0 Å². The molecule has 5 atom stereocenters. The quantitative estimate of drug-likeness (QED) is 0.135. The summed E-state index contributed by atoms with van der Waals surface area (Å²) in [4.78, 5) is 88.5. The van der Waals surface area contributed by atoms with E-state index in [1.165, 1.54) is 0 Å². The molecule has 0 aromatic heterocycles. The van der Waals surface area contributed by atoms with Crippen molar-refractivity contribution in [2.45, 2.75) is 128 Å². The molecular weight excluding hydrogens is 749 g/mol. The molecule has 2 fully saturated rings. The highest BCUT2D eigenvalue weighted by molar-refractivity contribution is 7.98. The van der Waals surface area contributed by atoms with Gasteiger partial charge in [-0.3, -0.25) is 33.8 Å². The van der Waals surface area contributed by atoms with Crippen LogP contribution in [0.25, 0.3) is 0 Å². The van der Waals surface area contributed by atoms with Gasteiger partial charge in [-0.1, -0.05) is 64.3 Å². The number of rotatable bonds is 11. The number of carbonyl (C=O) groups excluding carboxylic acids is 6. The molecule has 1 aromatic carbocycles. The lowest BCUT2D eigenvalue weighted by atomic mass is 9.74. The number of aliphatic imine (C=N–C) groups is 1. The molecule has 12 nitrogen and oxygen atoms in total. The molecule has 7 N–H and O–H groups in total. The first-order valence-corrected chi connectivity index (χ1v) is 22.7. The predicted molar refractivity (Wildman–Crippen MR) is 225 cm³/mol. The molecule has 1 saturated carbocycles. The maximum absolute atomic E-state index is 14.6. The Kier molecular flexibility index (Phi) is 17.8. The molecule has 1 aliphatic carbocycles. The fraction of sp³-hybridized carbons (Fsp3) is 0.690. The van der Waals surface area contributed by atoms with Crippen LogP contribution < -0.4 is 22.5 Å². The molecule has 14 heteroatoms. The van der Waals surface area contributed by atoms with Crippen molar-refractivity contribution in [3.05, 3.63) is 35.4 Å². The van der Waals surface area contributed by atoms with E-state index in [2.05, 4.69) is 22.4 Å². The predicted octanol–water partition coefficient (Wildman–Crippen LogP) is 4.92. The molecule has 2 heterocycles. The molecule has 2 aliphatic heterocycles. The van der Waals surface area contributed by atoms with Gasteiger partial charge in [0.15, 0.2) is 17.5 Å². The van der Waals surface area contributed by atoms with Crippen LogP contribution in [0, 0.1) is 29.1 Å². The zero-order valence-corrected chi connectivity index (χ0v) is 35.2. The number of benzene rings is 1. The zero-order valence-electron chi connectivity index (χ0n) is 33.6. The highest BCUT2D eigenvalue weighted by atomic mass is 32.2. The van der Waals surface area contributed by atoms with Crippen LogP contribution in [0.1, 0.15) is 115 Å². The summed E-state index contributed by atoms with van der Waals surface area (Å²) in [7, 11) is 0. The average Bonchev–Trinajstić information content (AvgIpc) is 3.65. The lowest BCUT2D eigenvalue weighted by Gasteiger charge is -2.32. The van der Waals surface area contributed by atoms with Gasteiger partial charge in [0.1, 0.15) is 5.78 Å². The van der Waals surface area contributed by atoms with E-state index < -0.39 is 47.1 Å². The van der Waals surface area contributed by atoms with Gasteiger partial charge in [0.2, 0.25) is 17.7 Å². The molecule has 1 saturated heterocycles. The minimum atomic E-state index is -0.950. The van der Waals surface area contributed by atoms with Crippen molar-refractivity contribution < 1.29 is 28.8 Å². The Balaban J connectivity index is 1.64. The summed E-state index contributed by atoms with van der Waals surface area (Å²) in [6, 6.07) is 6.78. The largest absolute Gasteiger partial charge is 0.370 e. The Bertz CT molecular complexity index is 1570. The lowest BCUT2D eigenvalue weighted by molar-refractivity contribution is -0.139. The number of primary amides is 1.